The first-order chi connectivity index (χ1) is 23.1. The molecule has 3 aromatic heterocycles. The van der Waals surface area contributed by atoms with Gasteiger partial charge in [0.15, 0.2) is 5.82 Å². The van der Waals surface area contributed by atoms with Crippen molar-refractivity contribution in [3.05, 3.63) is 157 Å². The van der Waals surface area contributed by atoms with Gasteiger partial charge in [0.2, 0.25) is 0 Å². The quantitative estimate of drug-likeness (QED) is 0.202. The molecule has 0 amide bonds. The summed E-state index contributed by atoms with van der Waals surface area (Å²) in [5, 5.41) is 4.87. The van der Waals surface area contributed by atoms with Crippen molar-refractivity contribution in [2.75, 3.05) is 0 Å². The van der Waals surface area contributed by atoms with Gasteiger partial charge in [0.1, 0.15) is 11.6 Å². The zero-order valence-corrected chi connectivity index (χ0v) is 26.1. The molecular formula is C43H30N4. The van der Waals surface area contributed by atoms with Crippen LogP contribution in [0.3, 0.4) is 0 Å². The molecule has 222 valence electrons. The average molecular weight is 603 g/mol. The summed E-state index contributed by atoms with van der Waals surface area (Å²) in [4.78, 5) is 10.6. The third kappa shape index (κ3) is 3.64. The Hall–Kier alpha value is -6.00. The summed E-state index contributed by atoms with van der Waals surface area (Å²) in [5.41, 5.74) is 10.8. The van der Waals surface area contributed by atoms with Gasteiger partial charge in [-0.3, -0.25) is 9.13 Å². The Morgan fingerprint density at radius 2 is 0.936 bits per heavy atom. The molecule has 0 spiro atoms. The van der Waals surface area contributed by atoms with E-state index in [1.807, 2.05) is 6.07 Å². The van der Waals surface area contributed by atoms with Crippen LogP contribution in [-0.4, -0.2) is 19.1 Å². The monoisotopic (exact) mass is 602 g/mol. The Labute approximate surface area is 272 Å². The van der Waals surface area contributed by atoms with Gasteiger partial charge >= 0.3 is 0 Å². The molecule has 6 aromatic carbocycles. The van der Waals surface area contributed by atoms with Crippen LogP contribution in [0.4, 0.5) is 0 Å². The summed E-state index contributed by atoms with van der Waals surface area (Å²) in [6, 6.07) is 52.0. The Balaban J connectivity index is 1.33. The largest absolute Gasteiger partial charge is 0.294 e. The Kier molecular flexibility index (Phi) is 5.31. The van der Waals surface area contributed by atoms with E-state index >= 15 is 0 Å². The van der Waals surface area contributed by atoms with Gasteiger partial charge in [0.05, 0.1) is 22.1 Å². The number of hydrogen-bond donors (Lipinski definition) is 0. The van der Waals surface area contributed by atoms with Gasteiger partial charge in [0.25, 0.3) is 0 Å². The molecule has 10 rings (SSSR count). The zero-order chi connectivity index (χ0) is 31.3. The molecule has 0 unspecified atom stereocenters. The maximum Gasteiger partial charge on any atom is 0.163 e. The normalized spacial score (nSPS) is 13.5. The van der Waals surface area contributed by atoms with E-state index in [1.165, 1.54) is 43.8 Å². The molecule has 0 saturated carbocycles. The van der Waals surface area contributed by atoms with Gasteiger partial charge in [-0.05, 0) is 52.6 Å². The van der Waals surface area contributed by atoms with Crippen molar-refractivity contribution in [2.24, 2.45) is 0 Å². The minimum atomic E-state index is -0.0809. The van der Waals surface area contributed by atoms with Crippen LogP contribution in [0, 0.1) is 0 Å². The smallest absolute Gasteiger partial charge is 0.163 e. The van der Waals surface area contributed by atoms with E-state index in [4.69, 9.17) is 9.97 Å². The average Bonchev–Trinajstić information content (AvgIpc) is 3.71. The Morgan fingerprint density at radius 3 is 1.57 bits per heavy atom. The van der Waals surface area contributed by atoms with Crippen LogP contribution in [-0.2, 0) is 5.41 Å². The van der Waals surface area contributed by atoms with E-state index in [0.717, 1.165) is 39.3 Å². The molecule has 4 nitrogen and oxygen atoms in total. The second-order valence-electron chi connectivity index (χ2n) is 13.1. The fraction of sp³-hybridized carbons (Fsp3) is 0.0698. The molecule has 0 bridgehead atoms. The summed E-state index contributed by atoms with van der Waals surface area (Å²) in [5.74, 6) is 2.37. The summed E-state index contributed by atoms with van der Waals surface area (Å²) < 4.78 is 4.62. The fourth-order valence-electron chi connectivity index (χ4n) is 7.95. The van der Waals surface area contributed by atoms with Gasteiger partial charge in [-0.15, -0.1) is 0 Å². The van der Waals surface area contributed by atoms with E-state index in [2.05, 4.69) is 163 Å². The van der Waals surface area contributed by atoms with Crippen LogP contribution in [0.25, 0.3) is 77.8 Å². The Morgan fingerprint density at radius 1 is 0.426 bits per heavy atom. The highest BCUT2D eigenvalue weighted by Gasteiger charge is 2.36. The van der Waals surface area contributed by atoms with Gasteiger partial charge < -0.3 is 0 Å². The van der Waals surface area contributed by atoms with Crippen molar-refractivity contribution in [1.82, 2.24) is 19.1 Å². The van der Waals surface area contributed by atoms with Crippen molar-refractivity contribution in [1.29, 1.82) is 0 Å². The molecule has 4 heteroatoms. The fourth-order valence-corrected chi connectivity index (χ4v) is 7.95. The molecule has 0 radical (unpaired) electrons. The number of nitrogens with zero attached hydrogens (tertiary/aromatic N) is 4. The highest BCUT2D eigenvalue weighted by molar-refractivity contribution is 6.12. The van der Waals surface area contributed by atoms with E-state index in [1.54, 1.807) is 0 Å². The first-order valence-corrected chi connectivity index (χ1v) is 16.2. The van der Waals surface area contributed by atoms with Gasteiger partial charge in [0, 0.05) is 38.6 Å². The number of hydrogen-bond acceptors (Lipinski definition) is 2. The maximum atomic E-state index is 5.32. The molecule has 0 aliphatic heterocycles. The van der Waals surface area contributed by atoms with E-state index in [9.17, 15) is 0 Å². The Bertz CT molecular complexity index is 2660. The predicted octanol–water partition coefficient (Wildman–Crippen LogP) is 10.6. The van der Waals surface area contributed by atoms with Crippen LogP contribution in [0.15, 0.2) is 146 Å². The van der Waals surface area contributed by atoms with E-state index in [0.29, 0.717) is 5.82 Å². The van der Waals surface area contributed by atoms with Crippen LogP contribution >= 0.6 is 0 Å². The second kappa shape index (κ2) is 9.51. The highest BCUT2D eigenvalue weighted by Crippen LogP contribution is 2.51. The van der Waals surface area contributed by atoms with E-state index < -0.39 is 0 Å². The minimum Gasteiger partial charge on any atom is -0.294 e. The standard InChI is InChI=1S/C43H30N4/c1-43(2)34-20-10-6-16-28(34)32-25-39-33(24-35(32)43)31-19-9-13-23-38(31)47(39)41-26-40(44-42(45-41)27-14-4-3-5-15-27)46-36-21-11-7-17-29(36)30-18-8-12-22-37(30)46/h3-26H,1-2H3. The van der Waals surface area contributed by atoms with Crippen molar-refractivity contribution in [2.45, 2.75) is 19.3 Å². The first-order valence-electron chi connectivity index (χ1n) is 16.2. The highest BCUT2D eigenvalue weighted by atomic mass is 15.1. The lowest BCUT2D eigenvalue weighted by Crippen LogP contribution is -2.14. The SMILES string of the molecule is CC1(C)c2ccccc2-c2cc3c(cc21)c1ccccc1n3-c1cc(-n2c3ccccc3c3ccccc32)nc(-c2ccccc2)n1. The summed E-state index contributed by atoms with van der Waals surface area (Å²) >= 11 is 0. The number of benzene rings is 6. The number of para-hydroxylation sites is 3. The molecule has 0 atom stereocenters. The molecule has 0 N–H and O–H groups in total. The molecule has 47 heavy (non-hydrogen) atoms. The minimum absolute atomic E-state index is 0.0809. The van der Waals surface area contributed by atoms with Crippen LogP contribution < -0.4 is 0 Å². The van der Waals surface area contributed by atoms with Gasteiger partial charge in [-0.25, -0.2) is 9.97 Å². The van der Waals surface area contributed by atoms with Crippen LogP contribution in [0.2, 0.25) is 0 Å². The molecule has 1 aliphatic carbocycles. The zero-order valence-electron chi connectivity index (χ0n) is 26.1. The van der Waals surface area contributed by atoms with Crippen molar-refractivity contribution in [3.63, 3.8) is 0 Å². The van der Waals surface area contributed by atoms with Gasteiger partial charge in [-0.1, -0.05) is 123 Å². The molecule has 1 aliphatic rings. The molecular weight excluding hydrogens is 573 g/mol. The van der Waals surface area contributed by atoms with Gasteiger partial charge in [-0.2, -0.15) is 0 Å². The first kappa shape index (κ1) is 26.2. The maximum absolute atomic E-state index is 5.32. The number of aromatic nitrogens is 4. The van der Waals surface area contributed by atoms with Crippen molar-refractivity contribution < 1.29 is 0 Å². The summed E-state index contributed by atoms with van der Waals surface area (Å²) in [6.45, 7) is 4.69. The molecule has 0 fully saturated rings. The number of fused-ring (bicyclic) bond motifs is 9. The molecule has 0 saturated heterocycles. The lowest BCUT2D eigenvalue weighted by molar-refractivity contribution is 0.661. The lowest BCUT2D eigenvalue weighted by atomic mass is 9.82. The van der Waals surface area contributed by atoms with Crippen molar-refractivity contribution >= 4 is 43.6 Å². The predicted molar refractivity (Wildman–Crippen MR) is 194 cm³/mol. The van der Waals surface area contributed by atoms with Crippen LogP contribution in [0.5, 0.6) is 0 Å². The van der Waals surface area contributed by atoms with E-state index in [-0.39, 0.29) is 5.41 Å². The summed E-state index contributed by atoms with van der Waals surface area (Å²) in [6.07, 6.45) is 0. The topological polar surface area (TPSA) is 35.6 Å². The third-order valence-corrected chi connectivity index (χ3v) is 10.1. The molecule has 3 heterocycles. The summed E-state index contributed by atoms with van der Waals surface area (Å²) in [7, 11) is 0. The van der Waals surface area contributed by atoms with Crippen LogP contribution in [0.1, 0.15) is 25.0 Å². The number of rotatable bonds is 3. The lowest BCUT2D eigenvalue weighted by Gasteiger charge is -2.21. The second-order valence-corrected chi connectivity index (χ2v) is 13.1. The third-order valence-electron chi connectivity index (χ3n) is 10.1. The van der Waals surface area contributed by atoms with Crippen molar-refractivity contribution in [3.8, 4) is 34.2 Å². The molecule has 9 aromatic rings.